The van der Waals surface area contributed by atoms with Crippen molar-refractivity contribution in [1.82, 2.24) is 10.2 Å². The van der Waals surface area contributed by atoms with Crippen molar-refractivity contribution in [3.8, 4) is 11.5 Å². The molecule has 2 atom stereocenters. The zero-order valence-electron chi connectivity index (χ0n) is 23.7. The number of amides is 3. The van der Waals surface area contributed by atoms with E-state index in [-0.39, 0.29) is 24.3 Å². The van der Waals surface area contributed by atoms with E-state index in [2.05, 4.69) is 10.6 Å². The van der Waals surface area contributed by atoms with E-state index in [9.17, 15) is 24.6 Å². The summed E-state index contributed by atoms with van der Waals surface area (Å²) in [5.41, 5.74) is 0.523. The van der Waals surface area contributed by atoms with Gasteiger partial charge in [-0.15, -0.1) is 0 Å². The number of alkyl carbamates (subject to hydrolysis) is 1. The van der Waals surface area contributed by atoms with Crippen LogP contribution in [0, 0.1) is 0 Å². The quantitative estimate of drug-likeness (QED) is 0.276. The highest BCUT2D eigenvalue weighted by molar-refractivity contribution is 5.99. The molecule has 0 saturated carbocycles. The molecular formula is C31H37N3O7. The third kappa shape index (κ3) is 8.97. The van der Waals surface area contributed by atoms with Crippen LogP contribution in [0.1, 0.15) is 37.9 Å². The Morgan fingerprint density at radius 2 is 1.56 bits per heavy atom. The Morgan fingerprint density at radius 1 is 0.927 bits per heavy atom. The van der Waals surface area contributed by atoms with E-state index in [1.807, 2.05) is 30.3 Å². The van der Waals surface area contributed by atoms with Crippen LogP contribution in [0.15, 0.2) is 78.9 Å². The predicted molar refractivity (Wildman–Crippen MR) is 155 cm³/mol. The number of aliphatic hydroxyl groups is 1. The van der Waals surface area contributed by atoms with Crippen LogP contribution >= 0.6 is 0 Å². The summed E-state index contributed by atoms with van der Waals surface area (Å²) in [7, 11) is 1.53. The van der Waals surface area contributed by atoms with Gasteiger partial charge in [0.05, 0.1) is 13.7 Å². The Labute approximate surface area is 239 Å². The lowest BCUT2D eigenvalue weighted by Crippen LogP contribution is -2.53. The number of aromatic hydroxyl groups is 1. The summed E-state index contributed by atoms with van der Waals surface area (Å²) in [5, 5.41) is 26.1. The molecule has 3 rings (SSSR count). The number of carbonyl (C=O) groups excluding carboxylic acids is 3. The maximum absolute atomic E-state index is 14.2. The molecule has 0 fully saturated rings. The summed E-state index contributed by atoms with van der Waals surface area (Å²) in [6, 6.07) is 19.3. The van der Waals surface area contributed by atoms with Crippen LogP contribution in [-0.4, -0.2) is 64.9 Å². The molecule has 41 heavy (non-hydrogen) atoms. The minimum absolute atomic E-state index is 0.0917. The van der Waals surface area contributed by atoms with Crippen molar-refractivity contribution in [2.75, 3.05) is 25.6 Å². The fourth-order valence-corrected chi connectivity index (χ4v) is 4.23. The molecule has 0 saturated heterocycles. The fraction of sp³-hybridized carbons (Fsp3) is 0.323. The Balaban J connectivity index is 2.02. The van der Waals surface area contributed by atoms with Gasteiger partial charge in [0.25, 0.3) is 5.91 Å². The lowest BCUT2D eigenvalue weighted by molar-refractivity contribution is -0.141. The molecule has 10 heteroatoms. The standard InChI is InChI=1S/C31H37N3O7/c1-31(2,3)41-30(39)33-25(20-21-10-6-5-7-11-21)29(38)34(18-19-35)27(24-12-8-9-13-26(24)36)28(37)32-22-14-16-23(40-4)17-15-22/h5-17,25,27,35-36H,18-20H2,1-4H3,(H,32,37)(H,33,39). The number of hydrogen-bond donors (Lipinski definition) is 4. The van der Waals surface area contributed by atoms with Crippen molar-refractivity contribution < 1.29 is 34.1 Å². The average Bonchev–Trinajstić information content (AvgIpc) is 2.93. The minimum Gasteiger partial charge on any atom is -0.508 e. The molecule has 0 heterocycles. The summed E-state index contributed by atoms with van der Waals surface area (Å²) in [4.78, 5) is 41.9. The number of nitrogens with zero attached hydrogens (tertiary/aromatic N) is 1. The average molecular weight is 564 g/mol. The molecule has 0 aliphatic rings. The van der Waals surface area contributed by atoms with Gasteiger partial charge < -0.3 is 35.2 Å². The lowest BCUT2D eigenvalue weighted by atomic mass is 9.99. The molecule has 0 aromatic heterocycles. The maximum atomic E-state index is 14.2. The predicted octanol–water partition coefficient (Wildman–Crippen LogP) is 4.04. The fourth-order valence-electron chi connectivity index (χ4n) is 4.23. The Morgan fingerprint density at radius 3 is 2.15 bits per heavy atom. The van der Waals surface area contributed by atoms with E-state index in [0.717, 1.165) is 10.5 Å². The number of carbonyl (C=O) groups is 3. The zero-order chi connectivity index (χ0) is 30.0. The highest BCUT2D eigenvalue weighted by Crippen LogP contribution is 2.31. The topological polar surface area (TPSA) is 137 Å². The summed E-state index contributed by atoms with van der Waals surface area (Å²) in [6.07, 6.45) is -0.716. The molecule has 3 aromatic rings. The van der Waals surface area contributed by atoms with Crippen molar-refractivity contribution in [1.29, 1.82) is 0 Å². The highest BCUT2D eigenvalue weighted by Gasteiger charge is 2.37. The Hall–Kier alpha value is -4.57. The van der Waals surface area contributed by atoms with E-state index in [4.69, 9.17) is 9.47 Å². The molecule has 3 amide bonds. The monoisotopic (exact) mass is 563 g/mol. The van der Waals surface area contributed by atoms with Gasteiger partial charge in [-0.05, 0) is 56.7 Å². The van der Waals surface area contributed by atoms with E-state index in [0.29, 0.717) is 11.4 Å². The molecule has 2 unspecified atom stereocenters. The summed E-state index contributed by atoms with van der Waals surface area (Å²) < 4.78 is 10.6. The Bertz CT molecular complexity index is 1310. The molecular weight excluding hydrogens is 526 g/mol. The second-order valence-corrected chi connectivity index (χ2v) is 10.3. The second-order valence-electron chi connectivity index (χ2n) is 10.3. The number of para-hydroxylation sites is 1. The van der Waals surface area contributed by atoms with E-state index in [1.54, 1.807) is 57.2 Å². The van der Waals surface area contributed by atoms with Crippen molar-refractivity contribution in [2.45, 2.75) is 44.9 Å². The number of phenols is 1. The molecule has 0 aliphatic carbocycles. The van der Waals surface area contributed by atoms with Crippen LogP contribution in [0.5, 0.6) is 11.5 Å². The molecule has 0 spiro atoms. The van der Waals surface area contributed by atoms with Crippen molar-refractivity contribution in [3.63, 3.8) is 0 Å². The minimum atomic E-state index is -1.35. The van der Waals surface area contributed by atoms with Gasteiger partial charge in [-0.1, -0.05) is 48.5 Å². The molecule has 0 radical (unpaired) electrons. The summed E-state index contributed by atoms with van der Waals surface area (Å²) in [5.74, 6) is -0.895. The number of rotatable bonds is 11. The Kier molecular flexibility index (Phi) is 10.7. The number of benzene rings is 3. The van der Waals surface area contributed by atoms with Gasteiger partial charge >= 0.3 is 6.09 Å². The first kappa shape index (κ1) is 31.0. The van der Waals surface area contributed by atoms with Gasteiger partial charge in [0.2, 0.25) is 5.91 Å². The number of phenolic OH excluding ortho intramolecular Hbond substituents is 1. The van der Waals surface area contributed by atoms with E-state index in [1.165, 1.54) is 19.2 Å². The molecule has 4 N–H and O–H groups in total. The van der Waals surface area contributed by atoms with Crippen LogP contribution in [0.3, 0.4) is 0 Å². The van der Waals surface area contributed by atoms with Gasteiger partial charge in [0.1, 0.15) is 29.2 Å². The normalized spacial score (nSPS) is 12.5. The largest absolute Gasteiger partial charge is 0.508 e. The van der Waals surface area contributed by atoms with Crippen LogP contribution in [0.25, 0.3) is 0 Å². The van der Waals surface area contributed by atoms with Gasteiger partial charge in [-0.3, -0.25) is 9.59 Å². The lowest BCUT2D eigenvalue weighted by Gasteiger charge is -2.34. The maximum Gasteiger partial charge on any atom is 0.408 e. The number of aliphatic hydroxyl groups excluding tert-OH is 1. The number of hydrogen-bond acceptors (Lipinski definition) is 7. The zero-order valence-corrected chi connectivity index (χ0v) is 23.7. The van der Waals surface area contributed by atoms with E-state index >= 15 is 0 Å². The first-order valence-electron chi connectivity index (χ1n) is 13.2. The smallest absolute Gasteiger partial charge is 0.408 e. The van der Waals surface area contributed by atoms with Crippen LogP contribution in [0.4, 0.5) is 10.5 Å². The van der Waals surface area contributed by atoms with Crippen LogP contribution in [-0.2, 0) is 20.7 Å². The van der Waals surface area contributed by atoms with Gasteiger partial charge in [-0.2, -0.15) is 0 Å². The van der Waals surface area contributed by atoms with Crippen molar-refractivity contribution in [3.05, 3.63) is 90.0 Å². The first-order chi connectivity index (χ1) is 19.5. The van der Waals surface area contributed by atoms with Gasteiger partial charge in [-0.25, -0.2) is 4.79 Å². The van der Waals surface area contributed by atoms with Crippen molar-refractivity contribution in [2.24, 2.45) is 0 Å². The highest BCUT2D eigenvalue weighted by atomic mass is 16.6. The molecule has 0 aliphatic heterocycles. The summed E-state index contributed by atoms with van der Waals surface area (Å²) in [6.45, 7) is 4.38. The number of nitrogens with one attached hydrogen (secondary N) is 2. The molecule has 3 aromatic carbocycles. The van der Waals surface area contributed by atoms with Gasteiger partial charge in [0, 0.05) is 24.2 Å². The first-order valence-corrected chi connectivity index (χ1v) is 13.2. The number of anilines is 1. The van der Waals surface area contributed by atoms with E-state index < -0.39 is 42.2 Å². The number of methoxy groups -OCH3 is 1. The SMILES string of the molecule is COc1ccc(NC(=O)C(c2ccccc2O)N(CCO)C(=O)C(Cc2ccccc2)NC(=O)OC(C)(C)C)cc1. The third-order valence-electron chi connectivity index (χ3n) is 6.04. The molecule has 0 bridgehead atoms. The molecule has 10 nitrogen and oxygen atoms in total. The number of ether oxygens (including phenoxy) is 2. The van der Waals surface area contributed by atoms with Crippen LogP contribution in [0.2, 0.25) is 0 Å². The molecule has 218 valence electrons. The summed E-state index contributed by atoms with van der Waals surface area (Å²) >= 11 is 0. The van der Waals surface area contributed by atoms with Crippen molar-refractivity contribution >= 4 is 23.6 Å². The van der Waals surface area contributed by atoms with Crippen LogP contribution < -0.4 is 15.4 Å². The van der Waals surface area contributed by atoms with Gasteiger partial charge in [0.15, 0.2) is 0 Å². The second kappa shape index (κ2) is 14.2. The third-order valence-corrected chi connectivity index (χ3v) is 6.04.